The van der Waals surface area contributed by atoms with Crippen LogP contribution in [-0.4, -0.2) is 55.1 Å². The lowest BCUT2D eigenvalue weighted by molar-refractivity contribution is -0.154. The van der Waals surface area contributed by atoms with Gasteiger partial charge in [-0.3, -0.25) is 9.59 Å². The molecule has 184 valence electrons. The number of ketones is 1. The smallest absolute Gasteiger partial charge is 0.310 e. The second-order valence-electron chi connectivity index (χ2n) is 10.00. The van der Waals surface area contributed by atoms with Gasteiger partial charge >= 0.3 is 5.97 Å². The first-order chi connectivity index (χ1) is 17.0. The van der Waals surface area contributed by atoms with Gasteiger partial charge in [0.05, 0.1) is 25.8 Å². The van der Waals surface area contributed by atoms with Crippen molar-refractivity contribution in [2.45, 2.75) is 38.8 Å². The molecular formula is C29H34N2O4. The van der Waals surface area contributed by atoms with Crippen LogP contribution in [0.4, 0.5) is 0 Å². The summed E-state index contributed by atoms with van der Waals surface area (Å²) in [6.45, 7) is 3.66. The molecule has 6 nitrogen and oxygen atoms in total. The van der Waals surface area contributed by atoms with Crippen molar-refractivity contribution in [1.82, 2.24) is 9.47 Å². The van der Waals surface area contributed by atoms with E-state index in [9.17, 15) is 9.59 Å². The van der Waals surface area contributed by atoms with Crippen LogP contribution in [0.2, 0.25) is 0 Å². The van der Waals surface area contributed by atoms with Crippen molar-refractivity contribution in [2.24, 2.45) is 17.8 Å². The van der Waals surface area contributed by atoms with Gasteiger partial charge in [0.15, 0.2) is 5.78 Å². The normalized spacial score (nSPS) is 24.5. The SMILES string of the molecule is CC[C@H]1CN(C)[C@H]2Cc3c(n(Cc4ccc(OC)cc4)c4ccccc34)C(=O)C[C@H]1C2C(=O)OC. The number of ether oxygens (including phenoxy) is 2. The number of methoxy groups -OCH3 is 2. The molecule has 2 bridgehead atoms. The Morgan fingerprint density at radius 3 is 2.49 bits per heavy atom. The van der Waals surface area contributed by atoms with E-state index in [0.717, 1.165) is 46.4 Å². The summed E-state index contributed by atoms with van der Waals surface area (Å²) in [6.07, 6.45) is 1.96. The van der Waals surface area contributed by atoms with Crippen LogP contribution >= 0.6 is 0 Å². The average Bonchev–Trinajstić information content (AvgIpc) is 3.17. The van der Waals surface area contributed by atoms with Gasteiger partial charge in [0, 0.05) is 36.5 Å². The molecule has 4 atom stereocenters. The first-order valence-electron chi connectivity index (χ1n) is 12.5. The maximum absolute atomic E-state index is 14.0. The van der Waals surface area contributed by atoms with E-state index < -0.39 is 0 Å². The number of rotatable bonds is 5. The largest absolute Gasteiger partial charge is 0.497 e. The van der Waals surface area contributed by atoms with Gasteiger partial charge in [-0.05, 0) is 54.6 Å². The van der Waals surface area contributed by atoms with Gasteiger partial charge in [0.25, 0.3) is 0 Å². The minimum absolute atomic E-state index is 0.00217. The molecule has 1 saturated heterocycles. The van der Waals surface area contributed by atoms with Crippen molar-refractivity contribution in [3.8, 4) is 5.75 Å². The molecule has 2 aromatic carbocycles. The second kappa shape index (κ2) is 9.50. The highest BCUT2D eigenvalue weighted by atomic mass is 16.5. The Morgan fingerprint density at radius 1 is 1.06 bits per heavy atom. The Labute approximate surface area is 206 Å². The lowest BCUT2D eigenvalue weighted by atomic mass is 9.67. The van der Waals surface area contributed by atoms with E-state index in [1.807, 2.05) is 24.3 Å². The molecule has 3 aromatic rings. The van der Waals surface area contributed by atoms with Crippen molar-refractivity contribution >= 4 is 22.7 Å². The monoisotopic (exact) mass is 474 g/mol. The summed E-state index contributed by atoms with van der Waals surface area (Å²) in [6, 6.07) is 16.3. The standard InChI is InChI=1S/C29H34N2O4/c1-5-19-17-30(2)25-14-23-21-8-6-7-9-24(21)31(16-18-10-12-20(34-3)13-11-18)28(23)26(32)15-22(19)27(25)29(33)35-4/h6-13,19,22,25,27H,5,14-17H2,1-4H3/t19-,22+,25-,27?/m0/s1. The highest BCUT2D eigenvalue weighted by Gasteiger charge is 2.49. The highest BCUT2D eigenvalue weighted by Crippen LogP contribution is 2.43. The number of fused-ring (bicyclic) bond motifs is 5. The predicted octanol–water partition coefficient (Wildman–Crippen LogP) is 4.57. The van der Waals surface area contributed by atoms with Gasteiger partial charge in [0.1, 0.15) is 5.75 Å². The summed E-state index contributed by atoms with van der Waals surface area (Å²) in [5.74, 6) is 0.720. The third-order valence-corrected chi connectivity index (χ3v) is 8.24. The maximum Gasteiger partial charge on any atom is 0.310 e. The molecule has 5 rings (SSSR count). The number of aromatic nitrogens is 1. The summed E-state index contributed by atoms with van der Waals surface area (Å²) in [5, 5.41) is 1.09. The summed E-state index contributed by atoms with van der Waals surface area (Å²) in [5.41, 5.74) is 4.02. The van der Waals surface area contributed by atoms with Gasteiger partial charge in [-0.1, -0.05) is 43.7 Å². The number of piperidine rings is 1. The minimum Gasteiger partial charge on any atom is -0.497 e. The van der Waals surface area contributed by atoms with E-state index in [1.165, 1.54) is 7.11 Å². The van der Waals surface area contributed by atoms with E-state index in [0.29, 0.717) is 19.4 Å². The number of Topliss-reactive ketones (excluding diaryl/α,β-unsaturated/α-hetero) is 1. The Hall–Kier alpha value is -3.12. The maximum atomic E-state index is 14.0. The fourth-order valence-corrected chi connectivity index (χ4v) is 6.47. The number of carbonyl (C=O) groups is 2. The number of benzene rings is 2. The molecule has 0 spiro atoms. The molecule has 0 saturated carbocycles. The number of nitrogens with zero attached hydrogens (tertiary/aromatic N) is 2. The van der Waals surface area contributed by atoms with Crippen LogP contribution in [0.25, 0.3) is 10.9 Å². The third kappa shape index (κ3) is 4.04. The number of carbonyl (C=O) groups excluding carboxylic acids is 2. The molecule has 0 amide bonds. The minimum atomic E-state index is -0.301. The van der Waals surface area contributed by atoms with Crippen LogP contribution in [-0.2, 0) is 22.5 Å². The van der Waals surface area contributed by atoms with Crippen LogP contribution in [0.15, 0.2) is 48.5 Å². The topological polar surface area (TPSA) is 60.8 Å². The quantitative estimate of drug-likeness (QED) is 0.507. The van der Waals surface area contributed by atoms with Crippen molar-refractivity contribution in [2.75, 3.05) is 27.8 Å². The predicted molar refractivity (Wildman–Crippen MR) is 136 cm³/mol. The molecule has 1 fully saturated rings. The van der Waals surface area contributed by atoms with Gasteiger partial charge < -0.3 is 18.9 Å². The molecule has 2 heterocycles. The van der Waals surface area contributed by atoms with Crippen molar-refractivity contribution in [3.05, 3.63) is 65.4 Å². The lowest BCUT2D eigenvalue weighted by Gasteiger charge is -2.48. The summed E-state index contributed by atoms with van der Waals surface area (Å²) in [4.78, 5) is 29.4. The molecule has 1 aromatic heterocycles. The van der Waals surface area contributed by atoms with E-state index in [2.05, 4.69) is 47.7 Å². The number of likely N-dealkylation sites (tertiary alicyclic amines) is 1. The first-order valence-corrected chi connectivity index (χ1v) is 12.5. The summed E-state index contributed by atoms with van der Waals surface area (Å²) >= 11 is 0. The third-order valence-electron chi connectivity index (χ3n) is 8.24. The van der Waals surface area contributed by atoms with Crippen LogP contribution in [0.5, 0.6) is 5.75 Å². The summed E-state index contributed by atoms with van der Waals surface area (Å²) < 4.78 is 12.8. The molecular weight excluding hydrogens is 440 g/mol. The Balaban J connectivity index is 1.66. The van der Waals surface area contributed by atoms with Crippen molar-refractivity contribution < 1.29 is 19.1 Å². The van der Waals surface area contributed by atoms with Crippen LogP contribution in [0.1, 0.15) is 41.4 Å². The average molecular weight is 475 g/mol. The Kier molecular flexibility index (Phi) is 6.41. The van der Waals surface area contributed by atoms with Crippen molar-refractivity contribution in [3.63, 3.8) is 0 Å². The van der Waals surface area contributed by atoms with E-state index in [1.54, 1.807) is 7.11 Å². The van der Waals surface area contributed by atoms with Crippen molar-refractivity contribution in [1.29, 1.82) is 0 Å². The van der Waals surface area contributed by atoms with E-state index in [-0.39, 0.29) is 35.5 Å². The van der Waals surface area contributed by atoms with Gasteiger partial charge in [-0.2, -0.15) is 0 Å². The molecule has 1 aliphatic carbocycles. The van der Waals surface area contributed by atoms with Crippen LogP contribution < -0.4 is 4.74 Å². The zero-order valence-electron chi connectivity index (χ0n) is 21.0. The van der Waals surface area contributed by atoms with Crippen LogP contribution in [0, 0.1) is 17.8 Å². The molecule has 2 aliphatic rings. The fraction of sp³-hybridized carbons (Fsp3) is 0.448. The molecule has 6 heteroatoms. The second-order valence-corrected chi connectivity index (χ2v) is 10.00. The van der Waals surface area contributed by atoms with Gasteiger partial charge in [0.2, 0.25) is 0 Å². The van der Waals surface area contributed by atoms with E-state index >= 15 is 0 Å². The zero-order chi connectivity index (χ0) is 24.7. The Bertz CT molecular complexity index is 1250. The number of hydrogen-bond acceptors (Lipinski definition) is 5. The molecule has 0 N–H and O–H groups in total. The number of hydrogen-bond donors (Lipinski definition) is 0. The Morgan fingerprint density at radius 2 is 1.80 bits per heavy atom. The lowest BCUT2D eigenvalue weighted by Crippen LogP contribution is -2.56. The number of esters is 1. The number of likely N-dealkylation sites (N-methyl/N-ethyl adjacent to an activating group) is 1. The fourth-order valence-electron chi connectivity index (χ4n) is 6.47. The summed E-state index contributed by atoms with van der Waals surface area (Å²) in [7, 11) is 5.24. The molecule has 0 radical (unpaired) electrons. The highest BCUT2D eigenvalue weighted by molar-refractivity contribution is 6.03. The molecule has 1 unspecified atom stereocenters. The van der Waals surface area contributed by atoms with Gasteiger partial charge in [-0.25, -0.2) is 0 Å². The van der Waals surface area contributed by atoms with E-state index in [4.69, 9.17) is 9.47 Å². The molecule has 35 heavy (non-hydrogen) atoms. The number of para-hydroxylation sites is 1. The van der Waals surface area contributed by atoms with Crippen LogP contribution in [0.3, 0.4) is 0 Å². The van der Waals surface area contributed by atoms with Gasteiger partial charge in [-0.15, -0.1) is 0 Å². The molecule has 1 aliphatic heterocycles. The first kappa shape index (κ1) is 23.6. The zero-order valence-corrected chi connectivity index (χ0v) is 21.0.